The molecule has 3 rings (SSSR count). The number of nitrogens with one attached hydrogen (secondary N) is 2. The molecule has 1 saturated heterocycles. The second-order valence-electron chi connectivity index (χ2n) is 6.24. The van der Waals surface area contributed by atoms with Crippen molar-refractivity contribution >= 4 is 20.8 Å². The van der Waals surface area contributed by atoms with E-state index in [1.807, 2.05) is 24.3 Å². The van der Waals surface area contributed by atoms with Gasteiger partial charge in [-0.1, -0.05) is 12.1 Å². The molecule has 0 atom stereocenters. The highest BCUT2D eigenvalue weighted by Crippen LogP contribution is 2.23. The van der Waals surface area contributed by atoms with Crippen LogP contribution in [0, 0.1) is 0 Å². The van der Waals surface area contributed by atoms with Gasteiger partial charge in [0.05, 0.1) is 31.8 Å². The van der Waals surface area contributed by atoms with Crippen molar-refractivity contribution in [2.75, 3.05) is 46.5 Å². The monoisotopic (exact) mass is 365 g/mol. The summed E-state index contributed by atoms with van der Waals surface area (Å²) in [4.78, 5) is 1.77. The fourth-order valence-corrected chi connectivity index (χ4v) is 4.14. The van der Waals surface area contributed by atoms with E-state index in [0.717, 1.165) is 55.8 Å². The summed E-state index contributed by atoms with van der Waals surface area (Å²) in [5.41, 5.74) is 0. The second-order valence-corrected chi connectivity index (χ2v) is 8.01. The van der Waals surface area contributed by atoms with Crippen LogP contribution in [0.3, 0.4) is 0 Å². The molecule has 0 spiro atoms. The molecule has 1 heterocycles. The summed E-state index contributed by atoms with van der Waals surface area (Å²) >= 11 is 0. The summed E-state index contributed by atoms with van der Waals surface area (Å²) in [6, 6.07) is 10.7. The summed E-state index contributed by atoms with van der Waals surface area (Å²) in [5, 5.41) is 1.83. The summed E-state index contributed by atoms with van der Waals surface area (Å²) in [5.74, 6) is 0.756. The Labute approximate surface area is 148 Å². The van der Waals surface area contributed by atoms with Crippen molar-refractivity contribution in [1.82, 2.24) is 4.72 Å². The largest absolute Gasteiger partial charge is 0.497 e. The number of methoxy groups -OCH3 is 1. The molecular weight excluding hydrogens is 340 g/mol. The maximum Gasteiger partial charge on any atom is 0.240 e. The van der Waals surface area contributed by atoms with Crippen molar-refractivity contribution in [3.8, 4) is 5.75 Å². The summed E-state index contributed by atoms with van der Waals surface area (Å²) < 4.78 is 38.2. The maximum absolute atomic E-state index is 12.5. The van der Waals surface area contributed by atoms with Crippen LogP contribution in [-0.2, 0) is 14.8 Å². The molecule has 136 valence electrons. The smallest absolute Gasteiger partial charge is 0.240 e. The van der Waals surface area contributed by atoms with Gasteiger partial charge in [0.1, 0.15) is 18.8 Å². The van der Waals surface area contributed by atoms with E-state index in [2.05, 4.69) is 4.72 Å². The van der Waals surface area contributed by atoms with E-state index in [4.69, 9.17) is 9.47 Å². The molecule has 0 radical (unpaired) electrons. The van der Waals surface area contributed by atoms with Crippen LogP contribution in [0.1, 0.15) is 6.42 Å². The minimum absolute atomic E-state index is 0.295. The Morgan fingerprint density at radius 3 is 2.60 bits per heavy atom. The fraction of sp³-hybridized carbons (Fsp3) is 0.444. The summed E-state index contributed by atoms with van der Waals surface area (Å²) in [7, 11) is -1.87. The van der Waals surface area contributed by atoms with E-state index in [-0.39, 0.29) is 0 Å². The van der Waals surface area contributed by atoms with Gasteiger partial charge in [0.25, 0.3) is 0 Å². The first-order valence-electron chi connectivity index (χ1n) is 8.57. The zero-order chi connectivity index (χ0) is 17.7. The van der Waals surface area contributed by atoms with Crippen molar-refractivity contribution in [2.45, 2.75) is 11.3 Å². The Bertz CT molecular complexity index is 817. The van der Waals surface area contributed by atoms with Crippen molar-refractivity contribution in [3.63, 3.8) is 0 Å². The Kier molecular flexibility index (Phi) is 5.90. The highest BCUT2D eigenvalue weighted by molar-refractivity contribution is 7.89. The van der Waals surface area contributed by atoms with Gasteiger partial charge >= 0.3 is 0 Å². The molecule has 2 aromatic rings. The van der Waals surface area contributed by atoms with E-state index >= 15 is 0 Å². The Hall–Kier alpha value is -1.67. The van der Waals surface area contributed by atoms with Crippen LogP contribution in [0.25, 0.3) is 10.8 Å². The number of ether oxygens (including phenoxy) is 2. The lowest BCUT2D eigenvalue weighted by molar-refractivity contribution is -0.908. The van der Waals surface area contributed by atoms with E-state index in [9.17, 15) is 8.42 Å². The van der Waals surface area contributed by atoms with Crippen molar-refractivity contribution in [1.29, 1.82) is 0 Å². The predicted octanol–water partition coefficient (Wildman–Crippen LogP) is 0.432. The molecule has 6 nitrogen and oxygen atoms in total. The van der Waals surface area contributed by atoms with E-state index < -0.39 is 10.0 Å². The number of benzene rings is 2. The van der Waals surface area contributed by atoms with Crippen LogP contribution in [0.4, 0.5) is 0 Å². The number of quaternary nitrogens is 1. The van der Waals surface area contributed by atoms with Crippen molar-refractivity contribution in [3.05, 3.63) is 36.4 Å². The first-order chi connectivity index (χ1) is 12.1. The second kappa shape index (κ2) is 8.14. The molecule has 0 bridgehead atoms. The van der Waals surface area contributed by atoms with Gasteiger partial charge in [-0.2, -0.15) is 0 Å². The minimum Gasteiger partial charge on any atom is -0.497 e. The zero-order valence-corrected chi connectivity index (χ0v) is 15.3. The van der Waals surface area contributed by atoms with E-state index in [1.54, 1.807) is 19.2 Å². The van der Waals surface area contributed by atoms with Gasteiger partial charge in [0.2, 0.25) is 10.0 Å². The molecule has 25 heavy (non-hydrogen) atoms. The lowest BCUT2D eigenvalue weighted by atomic mass is 10.1. The average molecular weight is 365 g/mol. The quantitative estimate of drug-likeness (QED) is 0.699. The van der Waals surface area contributed by atoms with Crippen LogP contribution in [0.5, 0.6) is 5.75 Å². The van der Waals surface area contributed by atoms with Crippen LogP contribution < -0.4 is 14.4 Å². The topological polar surface area (TPSA) is 69.1 Å². The Balaban J connectivity index is 1.60. The van der Waals surface area contributed by atoms with Crippen LogP contribution in [0.2, 0.25) is 0 Å². The predicted molar refractivity (Wildman–Crippen MR) is 96.7 cm³/mol. The van der Waals surface area contributed by atoms with Gasteiger partial charge in [-0.25, -0.2) is 13.1 Å². The van der Waals surface area contributed by atoms with Crippen molar-refractivity contribution < 1.29 is 22.8 Å². The standard InChI is InChI=1S/C18H24N2O4S/c1-23-17-5-3-16-14-18(6-4-15(16)13-17)25(21,22)19-7-2-8-20-9-11-24-12-10-20/h3-6,13-14,19H,2,7-12H2,1H3/p+1. The zero-order valence-electron chi connectivity index (χ0n) is 14.5. The highest BCUT2D eigenvalue weighted by Gasteiger charge is 2.16. The Morgan fingerprint density at radius 1 is 1.12 bits per heavy atom. The van der Waals surface area contributed by atoms with Gasteiger partial charge in [0.15, 0.2) is 0 Å². The molecular formula is C18H25N2O4S+. The molecule has 0 saturated carbocycles. The molecule has 1 aliphatic heterocycles. The first-order valence-corrected chi connectivity index (χ1v) is 10.1. The normalized spacial score (nSPS) is 16.2. The molecule has 2 aromatic carbocycles. The molecule has 0 amide bonds. The summed E-state index contributed by atoms with van der Waals surface area (Å²) in [6.07, 6.45) is 0.819. The third kappa shape index (κ3) is 4.70. The summed E-state index contributed by atoms with van der Waals surface area (Å²) in [6.45, 7) is 5.00. The SMILES string of the molecule is COc1ccc2cc(S(=O)(=O)NCCC[NH+]3CCOCC3)ccc2c1. The van der Waals surface area contributed by atoms with Gasteiger partial charge in [-0.05, 0) is 35.0 Å². The number of hydrogen-bond acceptors (Lipinski definition) is 4. The third-order valence-corrected chi connectivity index (χ3v) is 5.99. The van der Waals surface area contributed by atoms with Crippen LogP contribution >= 0.6 is 0 Å². The molecule has 0 unspecified atom stereocenters. The Morgan fingerprint density at radius 2 is 1.84 bits per heavy atom. The molecule has 1 fully saturated rings. The number of rotatable bonds is 7. The molecule has 1 aliphatic rings. The number of hydrogen-bond donors (Lipinski definition) is 2. The molecule has 7 heteroatoms. The average Bonchev–Trinajstić information content (AvgIpc) is 2.65. The fourth-order valence-electron chi connectivity index (χ4n) is 3.03. The lowest BCUT2D eigenvalue weighted by Crippen LogP contribution is -3.14. The molecule has 2 N–H and O–H groups in total. The van der Waals surface area contributed by atoms with Gasteiger partial charge in [-0.15, -0.1) is 0 Å². The maximum atomic E-state index is 12.5. The lowest BCUT2D eigenvalue weighted by Gasteiger charge is -2.23. The highest BCUT2D eigenvalue weighted by atomic mass is 32.2. The number of sulfonamides is 1. The van der Waals surface area contributed by atoms with E-state index in [1.165, 1.54) is 4.90 Å². The third-order valence-electron chi connectivity index (χ3n) is 4.53. The number of morpholine rings is 1. The van der Waals surface area contributed by atoms with Gasteiger partial charge in [-0.3, -0.25) is 0 Å². The number of fused-ring (bicyclic) bond motifs is 1. The molecule has 0 aromatic heterocycles. The van der Waals surface area contributed by atoms with Gasteiger partial charge < -0.3 is 14.4 Å². The van der Waals surface area contributed by atoms with Crippen LogP contribution in [0.15, 0.2) is 41.3 Å². The first kappa shape index (κ1) is 18.1. The van der Waals surface area contributed by atoms with Gasteiger partial charge in [0, 0.05) is 13.0 Å². The molecule has 0 aliphatic carbocycles. The van der Waals surface area contributed by atoms with E-state index in [0.29, 0.717) is 11.4 Å². The van der Waals surface area contributed by atoms with Crippen molar-refractivity contribution in [2.24, 2.45) is 0 Å². The van der Waals surface area contributed by atoms with Crippen LogP contribution in [-0.4, -0.2) is 54.9 Å². The minimum atomic E-state index is -3.49.